The van der Waals surface area contributed by atoms with E-state index in [1.54, 1.807) is 0 Å². The van der Waals surface area contributed by atoms with Crippen molar-refractivity contribution >= 4 is 6.09 Å². The Morgan fingerprint density at radius 3 is 2.50 bits per heavy atom. The lowest BCUT2D eigenvalue weighted by molar-refractivity contribution is 0.0481. The van der Waals surface area contributed by atoms with Gasteiger partial charge in [0.15, 0.2) is 0 Å². The number of halogens is 2. The molecule has 2 heterocycles. The molecule has 3 nitrogen and oxygen atoms in total. The summed E-state index contributed by atoms with van der Waals surface area (Å²) in [6.45, 7) is 0.259. The second-order valence-corrected chi connectivity index (χ2v) is 7.58. The zero-order chi connectivity index (χ0) is 19.5. The lowest BCUT2D eigenvalue weighted by Crippen LogP contribution is -2.52. The van der Waals surface area contributed by atoms with Gasteiger partial charge in [0.25, 0.3) is 0 Å². The van der Waals surface area contributed by atoms with Crippen molar-refractivity contribution in [1.29, 1.82) is 0 Å². The second-order valence-electron chi connectivity index (χ2n) is 7.58. The normalized spacial score (nSPS) is 21.2. The van der Waals surface area contributed by atoms with Gasteiger partial charge in [-0.25, -0.2) is 13.6 Å². The Morgan fingerprint density at radius 1 is 1.04 bits per heavy atom. The SMILES string of the molecule is O=C(OCc1ccccc1)N1C2C=C(Cc3cc(F)cc(F)c3)CC1CCC2. The molecule has 0 aliphatic carbocycles. The molecule has 0 saturated carbocycles. The van der Waals surface area contributed by atoms with E-state index < -0.39 is 11.6 Å². The van der Waals surface area contributed by atoms with Gasteiger partial charge in [0.1, 0.15) is 18.2 Å². The first-order valence-electron chi connectivity index (χ1n) is 9.72. The molecule has 1 fully saturated rings. The van der Waals surface area contributed by atoms with Gasteiger partial charge < -0.3 is 4.74 Å². The van der Waals surface area contributed by atoms with Crippen molar-refractivity contribution in [1.82, 2.24) is 4.90 Å². The summed E-state index contributed by atoms with van der Waals surface area (Å²) in [5, 5.41) is 0. The lowest BCUT2D eigenvalue weighted by atomic mass is 9.83. The van der Waals surface area contributed by atoms with Crippen molar-refractivity contribution in [3.05, 3.63) is 82.9 Å². The number of piperidine rings is 1. The van der Waals surface area contributed by atoms with Gasteiger partial charge in [0, 0.05) is 12.1 Å². The van der Waals surface area contributed by atoms with Gasteiger partial charge in [0.2, 0.25) is 0 Å². The number of hydrogen-bond acceptors (Lipinski definition) is 2. The number of rotatable bonds is 4. The van der Waals surface area contributed by atoms with E-state index in [1.807, 2.05) is 35.2 Å². The molecule has 1 amide bonds. The summed E-state index contributed by atoms with van der Waals surface area (Å²) >= 11 is 0. The zero-order valence-corrected chi connectivity index (χ0v) is 15.6. The lowest BCUT2D eigenvalue weighted by Gasteiger charge is -2.44. The van der Waals surface area contributed by atoms with Crippen molar-refractivity contribution in [2.45, 2.75) is 50.8 Å². The molecule has 2 aromatic carbocycles. The first-order valence-corrected chi connectivity index (χ1v) is 9.72. The summed E-state index contributed by atoms with van der Waals surface area (Å²) in [4.78, 5) is 14.6. The van der Waals surface area contributed by atoms with E-state index in [4.69, 9.17) is 4.74 Å². The third-order valence-corrected chi connectivity index (χ3v) is 5.48. The highest BCUT2D eigenvalue weighted by Crippen LogP contribution is 2.35. The number of nitrogens with zero attached hydrogens (tertiary/aromatic N) is 1. The summed E-state index contributed by atoms with van der Waals surface area (Å²) < 4.78 is 32.5. The van der Waals surface area contributed by atoms with E-state index >= 15 is 0 Å². The topological polar surface area (TPSA) is 29.5 Å². The fourth-order valence-corrected chi connectivity index (χ4v) is 4.30. The highest BCUT2D eigenvalue weighted by molar-refractivity contribution is 5.69. The van der Waals surface area contributed by atoms with Crippen molar-refractivity contribution in [2.24, 2.45) is 0 Å². The highest BCUT2D eigenvalue weighted by atomic mass is 19.1. The first-order chi connectivity index (χ1) is 13.6. The van der Waals surface area contributed by atoms with Crippen LogP contribution in [0.25, 0.3) is 0 Å². The Kier molecular flexibility index (Phi) is 5.42. The average molecular weight is 383 g/mol. The molecule has 2 bridgehead atoms. The molecule has 2 aliphatic heterocycles. The zero-order valence-electron chi connectivity index (χ0n) is 15.6. The Bertz CT molecular complexity index is 861. The minimum absolute atomic E-state index is 0.0100. The third kappa shape index (κ3) is 4.24. The average Bonchev–Trinajstić information content (AvgIpc) is 2.65. The van der Waals surface area contributed by atoms with E-state index in [9.17, 15) is 13.6 Å². The molecule has 4 rings (SSSR count). The molecule has 5 heteroatoms. The molecule has 2 aromatic rings. The molecule has 0 spiro atoms. The molecule has 28 heavy (non-hydrogen) atoms. The molecule has 0 radical (unpaired) electrons. The molecule has 2 aliphatic rings. The molecule has 2 atom stereocenters. The van der Waals surface area contributed by atoms with Crippen LogP contribution in [0.5, 0.6) is 0 Å². The molecule has 1 saturated heterocycles. The van der Waals surface area contributed by atoms with Crippen molar-refractivity contribution in [3.63, 3.8) is 0 Å². The molecule has 146 valence electrons. The predicted molar refractivity (Wildman–Crippen MR) is 103 cm³/mol. The van der Waals surface area contributed by atoms with E-state index in [-0.39, 0.29) is 24.8 Å². The van der Waals surface area contributed by atoms with E-state index in [0.29, 0.717) is 12.0 Å². The van der Waals surface area contributed by atoms with Crippen molar-refractivity contribution < 1.29 is 18.3 Å². The van der Waals surface area contributed by atoms with Crippen LogP contribution in [0.15, 0.2) is 60.2 Å². The number of hydrogen-bond donors (Lipinski definition) is 0. The highest BCUT2D eigenvalue weighted by Gasteiger charge is 2.37. The largest absolute Gasteiger partial charge is 0.445 e. The minimum atomic E-state index is -0.558. The number of carbonyl (C=O) groups excluding carboxylic acids is 1. The monoisotopic (exact) mass is 383 g/mol. The van der Waals surface area contributed by atoms with Gasteiger partial charge in [-0.05, 0) is 55.4 Å². The number of ether oxygens (including phenoxy) is 1. The van der Waals surface area contributed by atoms with Crippen molar-refractivity contribution in [3.8, 4) is 0 Å². The van der Waals surface area contributed by atoms with Gasteiger partial charge in [0.05, 0.1) is 6.04 Å². The number of benzene rings is 2. The van der Waals surface area contributed by atoms with Gasteiger partial charge in [-0.3, -0.25) is 4.90 Å². The Morgan fingerprint density at radius 2 is 1.79 bits per heavy atom. The van der Waals surface area contributed by atoms with Gasteiger partial charge in [-0.2, -0.15) is 0 Å². The Labute approximate surface area is 163 Å². The van der Waals surface area contributed by atoms with Gasteiger partial charge in [-0.1, -0.05) is 42.0 Å². The fraction of sp³-hybridized carbons (Fsp3) is 0.348. The van der Waals surface area contributed by atoms with Crippen LogP contribution < -0.4 is 0 Å². The van der Waals surface area contributed by atoms with Crippen LogP contribution in [0.1, 0.15) is 36.8 Å². The van der Waals surface area contributed by atoms with Crippen LogP contribution in [0.4, 0.5) is 13.6 Å². The van der Waals surface area contributed by atoms with Crippen LogP contribution in [0.3, 0.4) is 0 Å². The number of carbonyl (C=O) groups is 1. The summed E-state index contributed by atoms with van der Waals surface area (Å²) in [6.07, 6.45) is 5.90. The van der Waals surface area contributed by atoms with Gasteiger partial charge in [-0.15, -0.1) is 0 Å². The summed E-state index contributed by atoms with van der Waals surface area (Å²) in [5.74, 6) is -1.12. The minimum Gasteiger partial charge on any atom is -0.445 e. The van der Waals surface area contributed by atoms with E-state index in [2.05, 4.69) is 6.08 Å². The molecule has 0 N–H and O–H groups in total. The Balaban J connectivity index is 1.45. The van der Waals surface area contributed by atoms with E-state index in [0.717, 1.165) is 42.9 Å². The van der Waals surface area contributed by atoms with Crippen LogP contribution >= 0.6 is 0 Å². The summed E-state index contributed by atoms with van der Waals surface area (Å²) in [7, 11) is 0. The molecule has 2 unspecified atom stereocenters. The van der Waals surface area contributed by atoms with E-state index in [1.165, 1.54) is 12.1 Å². The smallest absolute Gasteiger partial charge is 0.410 e. The second kappa shape index (κ2) is 8.13. The molecular weight excluding hydrogens is 360 g/mol. The van der Waals surface area contributed by atoms with Crippen molar-refractivity contribution in [2.75, 3.05) is 0 Å². The maximum atomic E-state index is 13.5. The quantitative estimate of drug-likeness (QED) is 0.662. The number of fused-ring (bicyclic) bond motifs is 2. The van der Waals surface area contributed by atoms with Crippen LogP contribution in [-0.2, 0) is 17.8 Å². The summed E-state index contributed by atoms with van der Waals surface area (Å²) in [5.41, 5.74) is 2.72. The molecular formula is C23H23F2NO2. The summed E-state index contributed by atoms with van der Waals surface area (Å²) in [6, 6.07) is 13.3. The maximum absolute atomic E-state index is 13.5. The Hall–Kier alpha value is -2.69. The predicted octanol–water partition coefficient (Wildman–Crippen LogP) is 5.40. The van der Waals surface area contributed by atoms with Crippen LogP contribution in [0.2, 0.25) is 0 Å². The van der Waals surface area contributed by atoms with Crippen LogP contribution in [0, 0.1) is 11.6 Å². The third-order valence-electron chi connectivity index (χ3n) is 5.48. The standard InChI is InChI=1S/C23H23F2NO2/c24-19-10-17(11-20(25)14-19)9-18-12-21-7-4-8-22(13-18)26(21)23(27)28-15-16-5-2-1-3-6-16/h1-3,5-6,10-12,14,21-22H,4,7-9,13,15H2. The van der Waals surface area contributed by atoms with Crippen LogP contribution in [-0.4, -0.2) is 23.1 Å². The number of amides is 1. The maximum Gasteiger partial charge on any atom is 0.410 e. The first kappa shape index (κ1) is 18.7. The fourth-order valence-electron chi connectivity index (χ4n) is 4.30. The molecule has 0 aromatic heterocycles. The van der Waals surface area contributed by atoms with Gasteiger partial charge >= 0.3 is 6.09 Å².